The lowest BCUT2D eigenvalue weighted by molar-refractivity contribution is 0.473. The van der Waals surface area contributed by atoms with Crippen LogP contribution in [0.3, 0.4) is 0 Å². The second-order valence-corrected chi connectivity index (χ2v) is 12.8. The quantitative estimate of drug-likeness (QED) is 0.221. The second-order valence-electron chi connectivity index (χ2n) is 11.7. The molecule has 0 unspecified atom stereocenters. The smallest absolute Gasteiger partial charge is 0.146 e. The lowest BCUT2D eigenvalue weighted by Crippen LogP contribution is -2.10. The summed E-state index contributed by atoms with van der Waals surface area (Å²) in [6, 6.07) is 41.3. The fourth-order valence-electron chi connectivity index (χ4n) is 5.54. The van der Waals surface area contributed by atoms with E-state index in [1.54, 1.807) is 17.8 Å². The van der Waals surface area contributed by atoms with Crippen molar-refractivity contribution in [1.82, 2.24) is 14.5 Å². The number of phenols is 1. The highest BCUT2D eigenvalue weighted by atomic mass is 32.2. The lowest BCUT2D eigenvalue weighted by atomic mass is 9.86. The summed E-state index contributed by atoms with van der Waals surface area (Å²) in [7, 11) is 0. The highest BCUT2D eigenvalue weighted by Gasteiger charge is 2.17. The van der Waals surface area contributed by atoms with Crippen molar-refractivity contribution >= 4 is 33.7 Å². The van der Waals surface area contributed by atoms with Gasteiger partial charge in [-0.1, -0.05) is 99.3 Å². The third-order valence-corrected chi connectivity index (χ3v) is 8.74. The summed E-state index contributed by atoms with van der Waals surface area (Å²) in [4.78, 5) is 10.9. The van der Waals surface area contributed by atoms with Gasteiger partial charge in [-0.15, -0.1) is 0 Å². The van der Waals surface area contributed by atoms with E-state index in [2.05, 4.69) is 111 Å². The molecule has 210 valence electrons. The number of rotatable bonds is 5. The Balaban J connectivity index is 1.23. The molecule has 7 rings (SSSR count). The third-order valence-electron chi connectivity index (χ3n) is 7.82. The number of aromatic nitrogens is 3. The number of hydrogen-bond donors (Lipinski definition) is 1. The topological polar surface area (TPSA) is 50.9 Å². The summed E-state index contributed by atoms with van der Waals surface area (Å²) < 4.78 is 2.05. The van der Waals surface area contributed by atoms with Gasteiger partial charge in [0, 0.05) is 27.4 Å². The van der Waals surface area contributed by atoms with Gasteiger partial charge in [0.15, 0.2) is 0 Å². The molecular formula is C38H31N3OS. The Kier molecular flexibility index (Phi) is 6.75. The highest BCUT2D eigenvalue weighted by molar-refractivity contribution is 7.99. The van der Waals surface area contributed by atoms with E-state index >= 15 is 0 Å². The summed E-state index contributed by atoms with van der Waals surface area (Å²) in [5, 5.41) is 13.8. The molecular weight excluding hydrogens is 547 g/mol. The molecule has 1 N–H and O–H groups in total. The molecule has 0 bridgehead atoms. The number of nitrogens with zero attached hydrogens (tertiary/aromatic N) is 3. The molecule has 0 aliphatic carbocycles. The monoisotopic (exact) mass is 577 g/mol. The van der Waals surface area contributed by atoms with Crippen molar-refractivity contribution in [1.29, 1.82) is 0 Å². The number of phenolic OH excluding ortho intramolecular Hbond substituents is 1. The second kappa shape index (κ2) is 10.8. The van der Waals surface area contributed by atoms with Crippen LogP contribution in [-0.4, -0.2) is 19.6 Å². The Bertz CT molecular complexity index is 2110. The first kappa shape index (κ1) is 27.0. The predicted octanol–water partition coefficient (Wildman–Crippen LogP) is 10.1. The summed E-state index contributed by atoms with van der Waals surface area (Å²) >= 11 is 1.64. The van der Waals surface area contributed by atoms with Gasteiger partial charge in [0.1, 0.15) is 16.4 Å². The molecule has 0 saturated heterocycles. The van der Waals surface area contributed by atoms with Crippen LogP contribution < -0.4 is 0 Å². The first-order valence-electron chi connectivity index (χ1n) is 14.4. The van der Waals surface area contributed by atoms with Gasteiger partial charge in [-0.2, -0.15) is 0 Å². The molecule has 0 amide bonds. The maximum atomic E-state index is 10.7. The van der Waals surface area contributed by atoms with Crippen LogP contribution in [0.25, 0.3) is 50.0 Å². The molecule has 0 fully saturated rings. The van der Waals surface area contributed by atoms with Gasteiger partial charge < -0.3 is 5.11 Å². The van der Waals surface area contributed by atoms with Crippen molar-refractivity contribution in [3.63, 3.8) is 0 Å². The zero-order chi connectivity index (χ0) is 29.6. The van der Waals surface area contributed by atoms with Gasteiger partial charge in [-0.3, -0.25) is 4.57 Å². The molecule has 7 aromatic rings. The normalized spacial score (nSPS) is 11.8. The van der Waals surface area contributed by atoms with Gasteiger partial charge in [0.05, 0.1) is 16.9 Å². The first-order valence-corrected chi connectivity index (χ1v) is 15.2. The standard InChI is InChI=1S/C38H31N3OS/c1-38(2,3)28-17-15-25(16-18-28)26-21-22-39-36(24-26)43-29-10-8-9-27(23-29)32-20-19-31-30-11-4-5-12-33(30)41(37(31)40-32)34-13-6-7-14-35(34)42/h4-24,42H,1-3H3. The molecule has 0 aliphatic heterocycles. The Labute approximate surface area is 255 Å². The Hall–Kier alpha value is -4.87. The number of fused-ring (bicyclic) bond motifs is 3. The maximum Gasteiger partial charge on any atom is 0.146 e. The van der Waals surface area contributed by atoms with E-state index in [-0.39, 0.29) is 11.2 Å². The van der Waals surface area contributed by atoms with E-state index in [4.69, 9.17) is 4.98 Å². The average Bonchev–Trinajstić information content (AvgIpc) is 3.35. The number of para-hydroxylation sites is 3. The minimum Gasteiger partial charge on any atom is -0.506 e. The van der Waals surface area contributed by atoms with Gasteiger partial charge in [0.25, 0.3) is 0 Å². The molecule has 0 atom stereocenters. The van der Waals surface area contributed by atoms with Gasteiger partial charge in [0.2, 0.25) is 0 Å². The van der Waals surface area contributed by atoms with Crippen LogP contribution in [0.2, 0.25) is 0 Å². The number of benzene rings is 4. The van der Waals surface area contributed by atoms with Crippen LogP contribution in [0.15, 0.2) is 137 Å². The number of hydrogen-bond acceptors (Lipinski definition) is 4. The molecule has 3 heterocycles. The van der Waals surface area contributed by atoms with Crippen LogP contribution in [0.1, 0.15) is 26.3 Å². The fourth-order valence-corrected chi connectivity index (χ4v) is 6.42. The SMILES string of the molecule is CC(C)(C)c1ccc(-c2ccnc(Sc3cccc(-c4ccc5c6ccccc6n(-c6ccccc6O)c5n4)c3)c2)cc1. The fraction of sp³-hybridized carbons (Fsp3) is 0.105. The number of aromatic hydroxyl groups is 1. The van der Waals surface area contributed by atoms with Crippen LogP contribution >= 0.6 is 11.8 Å². The van der Waals surface area contributed by atoms with Crippen molar-refractivity contribution in [3.8, 4) is 33.8 Å². The average molecular weight is 578 g/mol. The van der Waals surface area contributed by atoms with Gasteiger partial charge in [-0.25, -0.2) is 9.97 Å². The summed E-state index contributed by atoms with van der Waals surface area (Å²) in [6.45, 7) is 6.70. The van der Waals surface area contributed by atoms with E-state index in [0.717, 1.165) is 48.7 Å². The van der Waals surface area contributed by atoms with Crippen molar-refractivity contribution in [2.75, 3.05) is 0 Å². The number of pyridine rings is 2. The van der Waals surface area contributed by atoms with Crippen molar-refractivity contribution in [3.05, 3.63) is 133 Å². The summed E-state index contributed by atoms with van der Waals surface area (Å²) in [5.74, 6) is 0.218. The van der Waals surface area contributed by atoms with E-state index in [1.165, 1.54) is 11.1 Å². The van der Waals surface area contributed by atoms with Crippen LogP contribution in [0.4, 0.5) is 0 Å². The lowest BCUT2D eigenvalue weighted by Gasteiger charge is -2.19. The molecule has 0 aliphatic rings. The summed E-state index contributed by atoms with van der Waals surface area (Å²) in [5.41, 5.74) is 8.21. The Morgan fingerprint density at radius 3 is 2.28 bits per heavy atom. The molecule has 0 spiro atoms. The van der Waals surface area contributed by atoms with E-state index < -0.39 is 0 Å². The summed E-state index contributed by atoms with van der Waals surface area (Å²) in [6.07, 6.45) is 1.88. The Morgan fingerprint density at radius 2 is 1.47 bits per heavy atom. The molecule has 3 aromatic heterocycles. The zero-order valence-electron chi connectivity index (χ0n) is 24.3. The minimum atomic E-state index is 0.127. The van der Waals surface area contributed by atoms with Crippen LogP contribution in [0, 0.1) is 0 Å². The van der Waals surface area contributed by atoms with Crippen molar-refractivity contribution in [2.45, 2.75) is 36.1 Å². The largest absolute Gasteiger partial charge is 0.506 e. The Morgan fingerprint density at radius 1 is 0.674 bits per heavy atom. The van der Waals surface area contributed by atoms with Crippen LogP contribution in [0.5, 0.6) is 5.75 Å². The van der Waals surface area contributed by atoms with E-state index in [0.29, 0.717) is 5.69 Å². The molecule has 5 heteroatoms. The predicted molar refractivity (Wildman–Crippen MR) is 178 cm³/mol. The van der Waals surface area contributed by atoms with Crippen LogP contribution in [-0.2, 0) is 5.41 Å². The molecule has 4 nitrogen and oxygen atoms in total. The molecule has 0 saturated carbocycles. The maximum absolute atomic E-state index is 10.7. The molecule has 43 heavy (non-hydrogen) atoms. The van der Waals surface area contributed by atoms with E-state index in [9.17, 15) is 5.11 Å². The third kappa shape index (κ3) is 5.17. The molecule has 0 radical (unpaired) electrons. The van der Waals surface area contributed by atoms with Gasteiger partial charge in [-0.05, 0) is 76.7 Å². The highest BCUT2D eigenvalue weighted by Crippen LogP contribution is 2.37. The van der Waals surface area contributed by atoms with Crippen molar-refractivity contribution in [2.24, 2.45) is 0 Å². The minimum absolute atomic E-state index is 0.127. The zero-order valence-corrected chi connectivity index (χ0v) is 25.1. The van der Waals surface area contributed by atoms with E-state index in [1.807, 2.05) is 41.1 Å². The van der Waals surface area contributed by atoms with Gasteiger partial charge >= 0.3 is 0 Å². The van der Waals surface area contributed by atoms with Crippen molar-refractivity contribution < 1.29 is 5.11 Å². The first-order chi connectivity index (χ1) is 20.8. The molecule has 4 aromatic carbocycles.